The van der Waals surface area contributed by atoms with Gasteiger partial charge in [0.25, 0.3) is 5.91 Å². The van der Waals surface area contributed by atoms with Gasteiger partial charge in [0.1, 0.15) is 6.04 Å². The fourth-order valence-electron chi connectivity index (χ4n) is 2.73. The van der Waals surface area contributed by atoms with Gasteiger partial charge in [-0.3, -0.25) is 15.2 Å². The number of methoxy groups -OCH3 is 1. The first-order valence-corrected chi connectivity index (χ1v) is 9.07. The number of carbonyl (C=O) groups is 2. The van der Waals surface area contributed by atoms with Crippen molar-refractivity contribution in [2.45, 2.75) is 33.4 Å². The van der Waals surface area contributed by atoms with Crippen LogP contribution in [-0.2, 0) is 16.1 Å². The maximum atomic E-state index is 12.6. The molecule has 0 fully saturated rings. The number of aromatic nitrogens is 1. The SMILES string of the molecule is COC(=O)N[C@H](C(=O)NN(C)Cc1ccc(-c2ccccn2)cc1)C(C)(C)C. The number of ether oxygens (including phenoxy) is 1. The molecule has 0 spiro atoms. The predicted molar refractivity (Wildman–Crippen MR) is 108 cm³/mol. The molecule has 1 heterocycles. The van der Waals surface area contributed by atoms with Gasteiger partial charge in [0, 0.05) is 25.4 Å². The van der Waals surface area contributed by atoms with Crippen molar-refractivity contribution < 1.29 is 14.3 Å². The number of amides is 2. The molecular weight excluding hydrogens is 356 g/mol. The Morgan fingerprint density at radius 1 is 1.14 bits per heavy atom. The van der Waals surface area contributed by atoms with Crippen molar-refractivity contribution in [3.8, 4) is 11.3 Å². The van der Waals surface area contributed by atoms with Crippen LogP contribution in [0.5, 0.6) is 0 Å². The van der Waals surface area contributed by atoms with Crippen LogP contribution in [0, 0.1) is 5.41 Å². The number of rotatable bonds is 6. The Morgan fingerprint density at radius 2 is 1.82 bits per heavy atom. The van der Waals surface area contributed by atoms with E-state index in [1.807, 2.05) is 63.2 Å². The van der Waals surface area contributed by atoms with Crippen LogP contribution >= 0.6 is 0 Å². The summed E-state index contributed by atoms with van der Waals surface area (Å²) in [5, 5.41) is 4.28. The second kappa shape index (κ2) is 9.32. The summed E-state index contributed by atoms with van der Waals surface area (Å²) in [5.41, 5.74) is 5.34. The third-order valence-corrected chi connectivity index (χ3v) is 4.21. The minimum atomic E-state index is -0.728. The van der Waals surface area contributed by atoms with E-state index < -0.39 is 17.6 Å². The molecule has 0 bridgehead atoms. The summed E-state index contributed by atoms with van der Waals surface area (Å²) in [5.74, 6) is -0.300. The van der Waals surface area contributed by atoms with E-state index in [-0.39, 0.29) is 5.91 Å². The normalized spacial score (nSPS) is 12.4. The van der Waals surface area contributed by atoms with Gasteiger partial charge in [0.05, 0.1) is 12.8 Å². The molecule has 7 heteroatoms. The molecule has 0 unspecified atom stereocenters. The van der Waals surface area contributed by atoms with E-state index in [4.69, 9.17) is 0 Å². The zero-order chi connectivity index (χ0) is 20.7. The lowest BCUT2D eigenvalue weighted by Gasteiger charge is -2.31. The Labute approximate surface area is 166 Å². The van der Waals surface area contributed by atoms with Gasteiger partial charge in [-0.05, 0) is 23.1 Å². The van der Waals surface area contributed by atoms with E-state index in [2.05, 4.69) is 20.5 Å². The van der Waals surface area contributed by atoms with Crippen LogP contribution in [0.15, 0.2) is 48.7 Å². The highest BCUT2D eigenvalue weighted by Crippen LogP contribution is 2.20. The van der Waals surface area contributed by atoms with Crippen LogP contribution in [0.25, 0.3) is 11.3 Å². The fraction of sp³-hybridized carbons (Fsp3) is 0.381. The lowest BCUT2D eigenvalue weighted by atomic mass is 9.86. The highest BCUT2D eigenvalue weighted by Gasteiger charge is 2.33. The second-order valence-electron chi connectivity index (χ2n) is 7.68. The minimum Gasteiger partial charge on any atom is -0.453 e. The lowest BCUT2D eigenvalue weighted by molar-refractivity contribution is -0.130. The average molecular weight is 384 g/mol. The fourth-order valence-corrected chi connectivity index (χ4v) is 2.73. The number of alkyl carbamates (subject to hydrolysis) is 1. The molecule has 0 aliphatic carbocycles. The van der Waals surface area contributed by atoms with Crippen molar-refractivity contribution in [3.05, 3.63) is 54.2 Å². The average Bonchev–Trinajstić information content (AvgIpc) is 2.66. The molecule has 2 amide bonds. The van der Waals surface area contributed by atoms with Crippen molar-refractivity contribution in [2.75, 3.05) is 14.2 Å². The molecule has 0 aliphatic rings. The van der Waals surface area contributed by atoms with Gasteiger partial charge in [-0.2, -0.15) is 0 Å². The quantitative estimate of drug-likeness (QED) is 0.748. The summed E-state index contributed by atoms with van der Waals surface area (Å²) in [4.78, 5) is 28.6. The van der Waals surface area contributed by atoms with Crippen molar-refractivity contribution in [1.82, 2.24) is 20.7 Å². The van der Waals surface area contributed by atoms with Crippen molar-refractivity contribution in [3.63, 3.8) is 0 Å². The third-order valence-electron chi connectivity index (χ3n) is 4.21. The summed E-state index contributed by atoms with van der Waals surface area (Å²) < 4.78 is 4.63. The first-order chi connectivity index (χ1) is 13.2. The first kappa shape index (κ1) is 21.4. The monoisotopic (exact) mass is 384 g/mol. The van der Waals surface area contributed by atoms with E-state index in [0.717, 1.165) is 16.8 Å². The maximum Gasteiger partial charge on any atom is 0.407 e. The molecule has 150 valence electrons. The van der Waals surface area contributed by atoms with E-state index >= 15 is 0 Å². The summed E-state index contributed by atoms with van der Waals surface area (Å²) in [7, 11) is 3.05. The van der Waals surface area contributed by atoms with Crippen molar-refractivity contribution >= 4 is 12.0 Å². The zero-order valence-corrected chi connectivity index (χ0v) is 17.0. The molecular formula is C21H28N4O3. The van der Waals surface area contributed by atoms with Crippen LogP contribution in [0.1, 0.15) is 26.3 Å². The number of nitrogens with one attached hydrogen (secondary N) is 2. The molecule has 2 N–H and O–H groups in total. The van der Waals surface area contributed by atoms with E-state index in [1.54, 1.807) is 18.3 Å². The van der Waals surface area contributed by atoms with Crippen molar-refractivity contribution in [2.24, 2.45) is 5.41 Å². The van der Waals surface area contributed by atoms with Crippen molar-refractivity contribution in [1.29, 1.82) is 0 Å². The second-order valence-corrected chi connectivity index (χ2v) is 7.68. The largest absolute Gasteiger partial charge is 0.453 e. The molecule has 0 saturated heterocycles. The van der Waals surface area contributed by atoms with Gasteiger partial charge in [-0.15, -0.1) is 0 Å². The Bertz CT molecular complexity index is 786. The van der Waals surface area contributed by atoms with E-state index in [0.29, 0.717) is 6.54 Å². The molecule has 0 aliphatic heterocycles. The highest BCUT2D eigenvalue weighted by atomic mass is 16.5. The standard InChI is InChI=1S/C21H28N4O3/c1-21(2,3)18(23-20(27)28-5)19(26)24-25(4)14-15-9-11-16(12-10-15)17-8-6-7-13-22-17/h6-13,18H,14H2,1-5H3,(H,23,27)(H,24,26)/t18-/m1/s1. The number of hydrogen-bond acceptors (Lipinski definition) is 5. The summed E-state index contributed by atoms with van der Waals surface area (Å²) in [6.45, 7) is 6.15. The Balaban J connectivity index is 1.99. The molecule has 1 atom stereocenters. The highest BCUT2D eigenvalue weighted by molar-refractivity contribution is 5.86. The van der Waals surface area contributed by atoms with Crippen LogP contribution in [0.3, 0.4) is 0 Å². The predicted octanol–water partition coefficient (Wildman–Crippen LogP) is 2.98. The molecule has 2 rings (SSSR count). The van der Waals surface area contributed by atoms with Crippen LogP contribution in [0.4, 0.5) is 4.79 Å². The van der Waals surface area contributed by atoms with Gasteiger partial charge in [0.2, 0.25) is 0 Å². The topological polar surface area (TPSA) is 83.6 Å². The number of pyridine rings is 1. The molecule has 7 nitrogen and oxygen atoms in total. The molecule has 0 radical (unpaired) electrons. The number of nitrogens with zero attached hydrogens (tertiary/aromatic N) is 2. The molecule has 1 aromatic heterocycles. The molecule has 0 saturated carbocycles. The smallest absolute Gasteiger partial charge is 0.407 e. The summed E-state index contributed by atoms with van der Waals surface area (Å²) in [6, 6.07) is 13.1. The van der Waals surface area contributed by atoms with Crippen LogP contribution in [-0.4, -0.2) is 42.2 Å². The Morgan fingerprint density at radius 3 is 2.36 bits per heavy atom. The molecule has 1 aromatic carbocycles. The maximum absolute atomic E-state index is 12.6. The minimum absolute atomic E-state index is 0.300. The van der Waals surface area contributed by atoms with Crippen LogP contribution < -0.4 is 10.7 Å². The first-order valence-electron chi connectivity index (χ1n) is 9.07. The van der Waals surface area contributed by atoms with E-state index in [1.165, 1.54) is 7.11 Å². The lowest BCUT2D eigenvalue weighted by Crippen LogP contribution is -2.56. The summed E-state index contributed by atoms with van der Waals surface area (Å²) in [6.07, 6.45) is 1.13. The Hall–Kier alpha value is -2.93. The number of carbonyl (C=O) groups excluding carboxylic acids is 2. The number of benzene rings is 1. The summed E-state index contributed by atoms with van der Waals surface area (Å²) >= 11 is 0. The van der Waals surface area contributed by atoms with Gasteiger partial charge >= 0.3 is 6.09 Å². The zero-order valence-electron chi connectivity index (χ0n) is 17.0. The van der Waals surface area contributed by atoms with Gasteiger partial charge in [-0.1, -0.05) is 51.1 Å². The van der Waals surface area contributed by atoms with Gasteiger partial charge in [-0.25, -0.2) is 9.80 Å². The van der Waals surface area contributed by atoms with E-state index in [9.17, 15) is 9.59 Å². The number of hydrogen-bond donors (Lipinski definition) is 2. The Kier molecular flexibility index (Phi) is 7.12. The van der Waals surface area contributed by atoms with Gasteiger partial charge in [0.15, 0.2) is 0 Å². The number of hydrazine groups is 1. The molecule has 2 aromatic rings. The van der Waals surface area contributed by atoms with Gasteiger partial charge < -0.3 is 10.1 Å². The van der Waals surface area contributed by atoms with Crippen LogP contribution in [0.2, 0.25) is 0 Å². The third kappa shape index (κ3) is 6.06. The molecule has 28 heavy (non-hydrogen) atoms.